The molecule has 2 rings (SSSR count). The maximum Gasteiger partial charge on any atom is 0.187 e. The van der Waals surface area contributed by atoms with Crippen molar-refractivity contribution >= 4 is 23.0 Å². The minimum absolute atomic E-state index is 0.543. The fourth-order valence-corrected chi connectivity index (χ4v) is 2.12. The average molecular weight is 259 g/mol. The van der Waals surface area contributed by atoms with Crippen molar-refractivity contribution in [1.82, 2.24) is 10.7 Å². The van der Waals surface area contributed by atoms with Crippen LogP contribution in [0.3, 0.4) is 0 Å². The molecule has 0 bridgehead atoms. The number of thiocarbonyl (C=S) groups is 1. The molecular weight excluding hydrogens is 242 g/mol. The van der Waals surface area contributed by atoms with E-state index in [-0.39, 0.29) is 0 Å². The summed E-state index contributed by atoms with van der Waals surface area (Å²) in [6, 6.07) is 8.52. The van der Waals surface area contributed by atoms with Crippen LogP contribution in [0.5, 0.6) is 0 Å². The molecule has 2 N–H and O–H groups in total. The third-order valence-corrected chi connectivity index (χ3v) is 3.15. The van der Waals surface area contributed by atoms with Gasteiger partial charge in [-0.3, -0.25) is 5.43 Å². The number of rotatable bonds is 3. The molecule has 3 nitrogen and oxygen atoms in total. The molecule has 0 saturated heterocycles. The normalized spacial score (nSPS) is 15.9. The highest BCUT2D eigenvalue weighted by atomic mass is 32.1. The lowest BCUT2D eigenvalue weighted by Gasteiger charge is -2.17. The highest BCUT2D eigenvalue weighted by Crippen LogP contribution is 2.18. The van der Waals surface area contributed by atoms with Crippen molar-refractivity contribution in [2.75, 3.05) is 6.54 Å². The summed E-state index contributed by atoms with van der Waals surface area (Å²) in [5.74, 6) is 0. The quantitative estimate of drug-likeness (QED) is 0.496. The van der Waals surface area contributed by atoms with E-state index in [1.165, 1.54) is 11.1 Å². The Balaban J connectivity index is 1.92. The maximum atomic E-state index is 5.09. The molecule has 1 aromatic carbocycles. The van der Waals surface area contributed by atoms with E-state index in [2.05, 4.69) is 46.7 Å². The Hall–Kier alpha value is -1.68. The Morgan fingerprint density at radius 2 is 2.11 bits per heavy atom. The summed E-state index contributed by atoms with van der Waals surface area (Å²) in [6.45, 7) is 4.27. The third-order valence-electron chi connectivity index (χ3n) is 2.92. The van der Waals surface area contributed by atoms with E-state index < -0.39 is 0 Å². The molecule has 0 aromatic heterocycles. The summed E-state index contributed by atoms with van der Waals surface area (Å²) in [4.78, 5) is 0. The summed E-state index contributed by atoms with van der Waals surface area (Å²) in [6.07, 6.45) is 4.73. The second kappa shape index (κ2) is 6.31. The molecule has 1 aliphatic carbocycles. The molecule has 0 atom stereocenters. The highest BCUT2D eigenvalue weighted by molar-refractivity contribution is 7.80. The summed E-state index contributed by atoms with van der Waals surface area (Å²) in [5, 5.41) is 7.89. The van der Waals surface area contributed by atoms with E-state index in [1.807, 2.05) is 0 Å². The van der Waals surface area contributed by atoms with Crippen molar-refractivity contribution in [3.8, 4) is 0 Å². The Labute approximate surface area is 113 Å². The molecule has 0 aliphatic heterocycles. The predicted octanol–water partition coefficient (Wildman–Crippen LogP) is 2.18. The smallest absolute Gasteiger partial charge is 0.187 e. The van der Waals surface area contributed by atoms with Crippen LogP contribution in [0.4, 0.5) is 0 Å². The number of nitrogens with one attached hydrogen (secondary N) is 2. The molecular formula is C14H17N3S. The van der Waals surface area contributed by atoms with Gasteiger partial charge in [-0.15, -0.1) is 6.58 Å². The number of nitrogens with zero attached hydrogens (tertiary/aromatic N) is 1. The van der Waals surface area contributed by atoms with Gasteiger partial charge < -0.3 is 5.32 Å². The van der Waals surface area contributed by atoms with E-state index in [0.29, 0.717) is 11.7 Å². The number of hydrogen-bond acceptors (Lipinski definition) is 2. The molecule has 0 radical (unpaired) electrons. The van der Waals surface area contributed by atoms with Crippen molar-refractivity contribution in [2.24, 2.45) is 5.10 Å². The Kier molecular flexibility index (Phi) is 4.47. The van der Waals surface area contributed by atoms with Gasteiger partial charge in [0.1, 0.15) is 0 Å². The minimum atomic E-state index is 0.543. The van der Waals surface area contributed by atoms with E-state index in [1.54, 1.807) is 6.08 Å². The molecule has 0 heterocycles. The fraction of sp³-hybridized carbons (Fsp3) is 0.286. The fourth-order valence-electron chi connectivity index (χ4n) is 1.99. The predicted molar refractivity (Wildman–Crippen MR) is 79.8 cm³/mol. The van der Waals surface area contributed by atoms with Gasteiger partial charge >= 0.3 is 0 Å². The first-order chi connectivity index (χ1) is 8.79. The molecule has 0 spiro atoms. The van der Waals surface area contributed by atoms with Gasteiger partial charge in [-0.1, -0.05) is 30.3 Å². The van der Waals surface area contributed by atoms with Gasteiger partial charge in [0.25, 0.3) is 0 Å². The van der Waals surface area contributed by atoms with Crippen molar-refractivity contribution in [2.45, 2.75) is 19.3 Å². The third kappa shape index (κ3) is 3.40. The molecule has 94 valence electrons. The van der Waals surface area contributed by atoms with E-state index >= 15 is 0 Å². The lowest BCUT2D eigenvalue weighted by molar-refractivity contribution is 0.886. The van der Waals surface area contributed by atoms with Gasteiger partial charge in [0.2, 0.25) is 0 Å². The van der Waals surface area contributed by atoms with Gasteiger partial charge in [-0.05, 0) is 36.2 Å². The van der Waals surface area contributed by atoms with Crippen LogP contribution in [0.15, 0.2) is 42.0 Å². The largest absolute Gasteiger partial charge is 0.358 e. The first kappa shape index (κ1) is 12.8. The Bertz CT molecular complexity index is 480. The first-order valence-corrected chi connectivity index (χ1v) is 6.47. The van der Waals surface area contributed by atoms with Gasteiger partial charge in [-0.25, -0.2) is 0 Å². The molecule has 0 saturated carbocycles. The van der Waals surface area contributed by atoms with Gasteiger partial charge in [0, 0.05) is 18.7 Å². The second-order valence-electron chi connectivity index (χ2n) is 4.23. The number of aryl methyl sites for hydroxylation is 1. The molecule has 0 amide bonds. The van der Waals surface area contributed by atoms with Crippen molar-refractivity contribution in [3.63, 3.8) is 0 Å². The zero-order valence-corrected chi connectivity index (χ0v) is 11.1. The zero-order chi connectivity index (χ0) is 12.8. The monoisotopic (exact) mass is 259 g/mol. The van der Waals surface area contributed by atoms with Crippen LogP contribution in [-0.4, -0.2) is 17.4 Å². The maximum absolute atomic E-state index is 5.09. The van der Waals surface area contributed by atoms with Crippen LogP contribution >= 0.6 is 12.2 Å². The van der Waals surface area contributed by atoms with Crippen molar-refractivity contribution in [3.05, 3.63) is 48.0 Å². The van der Waals surface area contributed by atoms with E-state index in [0.717, 1.165) is 25.0 Å². The van der Waals surface area contributed by atoms with Gasteiger partial charge in [0.05, 0.1) is 0 Å². The van der Waals surface area contributed by atoms with Crippen molar-refractivity contribution < 1.29 is 0 Å². The number of fused-ring (bicyclic) bond motifs is 1. The number of benzene rings is 1. The molecule has 4 heteroatoms. The number of hydrazone groups is 1. The van der Waals surface area contributed by atoms with Crippen LogP contribution in [0, 0.1) is 0 Å². The SMILES string of the molecule is C=CCNC(=S)N/N=C1/CCc2ccccc2C1. The second-order valence-corrected chi connectivity index (χ2v) is 4.64. The molecule has 0 unspecified atom stereocenters. The van der Waals surface area contributed by atoms with Crippen LogP contribution in [0.1, 0.15) is 17.5 Å². The van der Waals surface area contributed by atoms with Crippen LogP contribution in [0.2, 0.25) is 0 Å². The lowest BCUT2D eigenvalue weighted by Crippen LogP contribution is -2.33. The summed E-state index contributed by atoms with van der Waals surface area (Å²) < 4.78 is 0. The molecule has 18 heavy (non-hydrogen) atoms. The van der Waals surface area contributed by atoms with Crippen molar-refractivity contribution in [1.29, 1.82) is 0 Å². The minimum Gasteiger partial charge on any atom is -0.358 e. The molecule has 0 fully saturated rings. The Morgan fingerprint density at radius 3 is 2.89 bits per heavy atom. The topological polar surface area (TPSA) is 36.4 Å². The first-order valence-electron chi connectivity index (χ1n) is 6.06. The Morgan fingerprint density at radius 1 is 1.33 bits per heavy atom. The zero-order valence-electron chi connectivity index (χ0n) is 10.3. The van der Waals surface area contributed by atoms with Gasteiger partial charge in [-0.2, -0.15) is 5.10 Å². The van der Waals surface area contributed by atoms with E-state index in [4.69, 9.17) is 12.2 Å². The standard InChI is InChI=1S/C14H17N3S/c1-2-9-15-14(18)17-16-13-8-7-11-5-3-4-6-12(11)10-13/h2-6H,1,7-10H2,(H2,15,17,18)/b16-13-. The van der Waals surface area contributed by atoms with Crippen LogP contribution < -0.4 is 10.7 Å². The summed E-state index contributed by atoms with van der Waals surface area (Å²) >= 11 is 5.09. The molecule has 1 aliphatic rings. The molecule has 1 aromatic rings. The van der Waals surface area contributed by atoms with Crippen LogP contribution in [-0.2, 0) is 12.8 Å². The lowest BCUT2D eigenvalue weighted by atomic mass is 9.90. The van der Waals surface area contributed by atoms with E-state index in [9.17, 15) is 0 Å². The highest BCUT2D eigenvalue weighted by Gasteiger charge is 2.13. The summed E-state index contributed by atoms with van der Waals surface area (Å²) in [7, 11) is 0. The van der Waals surface area contributed by atoms with Gasteiger partial charge in [0.15, 0.2) is 5.11 Å². The number of hydrogen-bond donors (Lipinski definition) is 2. The van der Waals surface area contributed by atoms with Crippen LogP contribution in [0.25, 0.3) is 0 Å². The summed E-state index contributed by atoms with van der Waals surface area (Å²) in [5.41, 5.74) is 6.83. The average Bonchev–Trinajstić information content (AvgIpc) is 2.42.